The zero-order valence-corrected chi connectivity index (χ0v) is 7.45. The van der Waals surface area contributed by atoms with E-state index in [0.717, 1.165) is 0 Å². The third-order valence-electron chi connectivity index (χ3n) is 2.02. The van der Waals surface area contributed by atoms with Gasteiger partial charge in [0, 0.05) is 0 Å². The van der Waals surface area contributed by atoms with Crippen molar-refractivity contribution in [2.75, 3.05) is 0 Å². The average Bonchev–Trinajstić information content (AvgIpc) is 2.03. The van der Waals surface area contributed by atoms with Crippen molar-refractivity contribution >= 4 is 5.97 Å². The Bertz CT molecular complexity index is 157. The molecule has 4 nitrogen and oxygen atoms in total. The molecule has 0 aromatic carbocycles. The summed E-state index contributed by atoms with van der Waals surface area (Å²) in [5, 5.41) is 27.4. The quantitative estimate of drug-likeness (QED) is 0.565. The van der Waals surface area contributed by atoms with Gasteiger partial charge in [-0.2, -0.15) is 0 Å². The highest BCUT2D eigenvalue weighted by Gasteiger charge is 2.40. The third-order valence-corrected chi connectivity index (χ3v) is 2.02. The molecule has 0 amide bonds. The van der Waals surface area contributed by atoms with Crippen LogP contribution in [0.15, 0.2) is 0 Å². The Hall–Kier alpha value is -0.610. The molecule has 0 rings (SSSR count). The molecule has 0 radical (unpaired) electrons. The van der Waals surface area contributed by atoms with Gasteiger partial charge in [-0.1, -0.05) is 20.3 Å². The number of carboxylic acid groups (broad SMARTS) is 1. The Labute approximate surface area is 71.8 Å². The number of aliphatic hydroxyl groups excluding tert-OH is 1. The van der Waals surface area contributed by atoms with Gasteiger partial charge in [-0.25, -0.2) is 4.79 Å². The van der Waals surface area contributed by atoms with Crippen LogP contribution in [0.3, 0.4) is 0 Å². The van der Waals surface area contributed by atoms with Crippen molar-refractivity contribution < 1.29 is 20.1 Å². The molecule has 2 atom stereocenters. The van der Waals surface area contributed by atoms with Crippen LogP contribution in [-0.4, -0.2) is 33.0 Å². The Morgan fingerprint density at radius 3 is 2.25 bits per heavy atom. The van der Waals surface area contributed by atoms with E-state index in [0.29, 0.717) is 12.8 Å². The predicted octanol–water partition coefficient (Wildman–Crippen LogP) is 0.373. The molecule has 0 unspecified atom stereocenters. The molecule has 72 valence electrons. The predicted molar refractivity (Wildman–Crippen MR) is 43.8 cm³/mol. The van der Waals surface area contributed by atoms with Gasteiger partial charge in [0.25, 0.3) is 0 Å². The van der Waals surface area contributed by atoms with E-state index in [1.807, 2.05) is 6.92 Å². The number of carboxylic acids is 1. The van der Waals surface area contributed by atoms with E-state index >= 15 is 0 Å². The van der Waals surface area contributed by atoms with Crippen molar-refractivity contribution in [3.63, 3.8) is 0 Å². The summed E-state index contributed by atoms with van der Waals surface area (Å²) in [5.74, 6) is -1.36. The van der Waals surface area contributed by atoms with Crippen molar-refractivity contribution in [3.05, 3.63) is 0 Å². The van der Waals surface area contributed by atoms with Crippen LogP contribution >= 0.6 is 0 Å². The lowest BCUT2D eigenvalue weighted by Crippen LogP contribution is -2.48. The highest BCUT2D eigenvalue weighted by atomic mass is 16.4. The molecule has 0 heterocycles. The minimum atomic E-state index is -1.98. The topological polar surface area (TPSA) is 77.8 Å². The van der Waals surface area contributed by atoms with Crippen LogP contribution in [0.25, 0.3) is 0 Å². The second kappa shape index (κ2) is 4.42. The highest BCUT2D eigenvalue weighted by molar-refractivity contribution is 5.77. The minimum absolute atomic E-state index is 0.0174. The molecule has 0 aliphatic heterocycles. The summed E-state index contributed by atoms with van der Waals surface area (Å²) >= 11 is 0. The lowest BCUT2D eigenvalue weighted by molar-refractivity contribution is -0.172. The monoisotopic (exact) mass is 176 g/mol. The maximum Gasteiger partial charge on any atom is 0.338 e. The SMILES string of the molecule is CCC[C@@H](O)[C@](O)(CC)C(=O)O. The van der Waals surface area contributed by atoms with Crippen LogP contribution in [0.1, 0.15) is 33.1 Å². The van der Waals surface area contributed by atoms with Crippen LogP contribution in [0.2, 0.25) is 0 Å². The van der Waals surface area contributed by atoms with Crippen LogP contribution in [0.4, 0.5) is 0 Å². The van der Waals surface area contributed by atoms with E-state index in [2.05, 4.69) is 0 Å². The lowest BCUT2D eigenvalue weighted by Gasteiger charge is -2.27. The normalized spacial score (nSPS) is 18.3. The van der Waals surface area contributed by atoms with E-state index in [9.17, 15) is 15.0 Å². The molecular weight excluding hydrogens is 160 g/mol. The van der Waals surface area contributed by atoms with Crippen molar-refractivity contribution in [2.45, 2.75) is 44.8 Å². The van der Waals surface area contributed by atoms with E-state index in [4.69, 9.17) is 5.11 Å². The van der Waals surface area contributed by atoms with Crippen LogP contribution in [-0.2, 0) is 4.79 Å². The number of hydrogen-bond donors (Lipinski definition) is 3. The smallest absolute Gasteiger partial charge is 0.338 e. The van der Waals surface area contributed by atoms with E-state index < -0.39 is 17.7 Å². The largest absolute Gasteiger partial charge is 0.479 e. The molecule has 0 bridgehead atoms. The van der Waals surface area contributed by atoms with Gasteiger partial charge >= 0.3 is 5.97 Å². The van der Waals surface area contributed by atoms with Gasteiger partial charge in [-0.05, 0) is 12.8 Å². The fourth-order valence-electron chi connectivity index (χ4n) is 1.04. The first-order chi connectivity index (χ1) is 5.49. The summed E-state index contributed by atoms with van der Waals surface area (Å²) in [6, 6.07) is 0. The number of carbonyl (C=O) groups is 1. The Morgan fingerprint density at radius 1 is 1.50 bits per heavy atom. The Kier molecular flexibility index (Phi) is 4.20. The van der Waals surface area contributed by atoms with E-state index in [1.54, 1.807) is 0 Å². The summed E-state index contributed by atoms with van der Waals surface area (Å²) in [4.78, 5) is 10.6. The number of aliphatic hydroxyl groups is 2. The molecule has 0 aromatic rings. The maximum absolute atomic E-state index is 10.6. The molecule has 0 saturated carbocycles. The summed E-state index contributed by atoms with van der Waals surface area (Å²) in [7, 11) is 0. The van der Waals surface area contributed by atoms with E-state index in [1.165, 1.54) is 6.92 Å². The summed E-state index contributed by atoms with van der Waals surface area (Å²) in [5.41, 5.74) is -1.98. The van der Waals surface area contributed by atoms with Gasteiger partial charge in [0.15, 0.2) is 5.60 Å². The zero-order valence-electron chi connectivity index (χ0n) is 7.45. The summed E-state index contributed by atoms with van der Waals surface area (Å²) < 4.78 is 0. The van der Waals surface area contributed by atoms with Gasteiger partial charge in [0.1, 0.15) is 0 Å². The number of aliphatic carboxylic acids is 1. The summed E-state index contributed by atoms with van der Waals surface area (Å²) in [6.07, 6.45) is -0.207. The first-order valence-corrected chi connectivity index (χ1v) is 4.12. The van der Waals surface area contributed by atoms with Crippen molar-refractivity contribution in [2.24, 2.45) is 0 Å². The standard InChI is InChI=1S/C8H16O4/c1-3-5-6(9)8(12,4-2)7(10)11/h6,9,12H,3-5H2,1-2H3,(H,10,11)/t6-,8-/m1/s1. The second-order valence-corrected chi connectivity index (χ2v) is 2.89. The number of hydrogen-bond acceptors (Lipinski definition) is 3. The van der Waals surface area contributed by atoms with Gasteiger partial charge in [-0.15, -0.1) is 0 Å². The average molecular weight is 176 g/mol. The van der Waals surface area contributed by atoms with Crippen LogP contribution in [0, 0.1) is 0 Å². The van der Waals surface area contributed by atoms with Crippen LogP contribution < -0.4 is 0 Å². The fourth-order valence-corrected chi connectivity index (χ4v) is 1.04. The van der Waals surface area contributed by atoms with Crippen molar-refractivity contribution in [1.82, 2.24) is 0 Å². The zero-order chi connectivity index (χ0) is 9.78. The van der Waals surface area contributed by atoms with Crippen molar-refractivity contribution in [3.8, 4) is 0 Å². The summed E-state index contributed by atoms with van der Waals surface area (Å²) in [6.45, 7) is 3.36. The molecule has 12 heavy (non-hydrogen) atoms. The highest BCUT2D eigenvalue weighted by Crippen LogP contribution is 2.19. The molecule has 4 heteroatoms. The first kappa shape index (κ1) is 11.4. The maximum atomic E-state index is 10.6. The Balaban J connectivity index is 4.39. The first-order valence-electron chi connectivity index (χ1n) is 4.12. The molecule has 0 saturated heterocycles. The van der Waals surface area contributed by atoms with Gasteiger partial charge in [0.2, 0.25) is 0 Å². The Morgan fingerprint density at radius 2 is 2.00 bits per heavy atom. The second-order valence-electron chi connectivity index (χ2n) is 2.89. The molecule has 0 aromatic heterocycles. The molecule has 0 aliphatic rings. The molecule has 0 fully saturated rings. The van der Waals surface area contributed by atoms with Crippen LogP contribution in [0.5, 0.6) is 0 Å². The third kappa shape index (κ3) is 2.19. The van der Waals surface area contributed by atoms with Gasteiger partial charge < -0.3 is 15.3 Å². The van der Waals surface area contributed by atoms with E-state index in [-0.39, 0.29) is 6.42 Å². The lowest BCUT2D eigenvalue weighted by atomic mass is 9.91. The molecular formula is C8H16O4. The molecule has 0 spiro atoms. The fraction of sp³-hybridized carbons (Fsp3) is 0.875. The molecule has 3 N–H and O–H groups in total. The van der Waals surface area contributed by atoms with Gasteiger partial charge in [-0.3, -0.25) is 0 Å². The van der Waals surface area contributed by atoms with Crippen molar-refractivity contribution in [1.29, 1.82) is 0 Å². The minimum Gasteiger partial charge on any atom is -0.479 e. The molecule has 0 aliphatic carbocycles. The van der Waals surface area contributed by atoms with Gasteiger partial charge in [0.05, 0.1) is 6.10 Å². The number of rotatable bonds is 5.